The van der Waals surface area contributed by atoms with Crippen LogP contribution in [0.2, 0.25) is 0 Å². The van der Waals surface area contributed by atoms with Gasteiger partial charge in [-0.15, -0.1) is 0 Å². The molecule has 0 bridgehead atoms. The molecule has 19 heavy (non-hydrogen) atoms. The van der Waals surface area contributed by atoms with E-state index in [0.717, 1.165) is 0 Å². The summed E-state index contributed by atoms with van der Waals surface area (Å²) in [6.07, 6.45) is -0.545. The third-order valence-corrected chi connectivity index (χ3v) is 2.44. The quantitative estimate of drug-likeness (QED) is 0.816. The summed E-state index contributed by atoms with van der Waals surface area (Å²) in [5.74, 6) is 0.921. The van der Waals surface area contributed by atoms with Crippen LogP contribution in [0.25, 0.3) is 0 Å². The first-order valence-corrected chi connectivity index (χ1v) is 5.70. The van der Waals surface area contributed by atoms with Gasteiger partial charge in [0.15, 0.2) is 11.5 Å². The highest BCUT2D eigenvalue weighted by molar-refractivity contribution is 5.67. The summed E-state index contributed by atoms with van der Waals surface area (Å²) in [6, 6.07) is 3.25. The molecule has 0 amide bonds. The summed E-state index contributed by atoms with van der Waals surface area (Å²) in [5, 5.41) is 8.70. The molecule has 0 aliphatic carbocycles. The largest absolute Gasteiger partial charge is 0.493 e. The minimum Gasteiger partial charge on any atom is -0.493 e. The predicted octanol–water partition coefficient (Wildman–Crippen LogP) is 1.95. The van der Waals surface area contributed by atoms with Crippen LogP contribution in [0.3, 0.4) is 0 Å². The molecule has 1 aromatic carbocycles. The number of carbonyl (C=O) groups is 1. The molecular formula is C13H18O6. The van der Waals surface area contributed by atoms with E-state index in [2.05, 4.69) is 0 Å². The number of hydrogen-bond acceptors (Lipinski definition) is 5. The lowest BCUT2D eigenvalue weighted by molar-refractivity contribution is -0.138. The average Bonchev–Trinajstić information content (AvgIpc) is 2.36. The number of rotatable bonds is 7. The Morgan fingerprint density at radius 2 is 1.68 bits per heavy atom. The fourth-order valence-corrected chi connectivity index (χ4v) is 1.64. The topological polar surface area (TPSA) is 74.2 Å². The van der Waals surface area contributed by atoms with E-state index in [1.54, 1.807) is 19.1 Å². The second-order valence-electron chi connectivity index (χ2n) is 3.89. The van der Waals surface area contributed by atoms with Crippen molar-refractivity contribution >= 4 is 5.97 Å². The van der Waals surface area contributed by atoms with Gasteiger partial charge in [-0.2, -0.15) is 0 Å². The van der Waals surface area contributed by atoms with Crippen molar-refractivity contribution in [2.45, 2.75) is 19.4 Å². The molecule has 0 aromatic heterocycles. The van der Waals surface area contributed by atoms with Crippen LogP contribution in [0, 0.1) is 0 Å². The van der Waals surface area contributed by atoms with Crippen LogP contribution in [0.1, 0.15) is 13.3 Å². The number of carboxylic acid groups (broad SMARTS) is 1. The highest BCUT2D eigenvalue weighted by atomic mass is 16.5. The van der Waals surface area contributed by atoms with Gasteiger partial charge in [-0.05, 0) is 6.92 Å². The van der Waals surface area contributed by atoms with Crippen LogP contribution in [0.4, 0.5) is 0 Å². The molecule has 6 nitrogen and oxygen atoms in total. The maximum atomic E-state index is 10.6. The third kappa shape index (κ3) is 3.94. The van der Waals surface area contributed by atoms with E-state index in [1.807, 2.05) is 0 Å². The molecular weight excluding hydrogens is 252 g/mol. The molecule has 0 radical (unpaired) electrons. The van der Waals surface area contributed by atoms with Gasteiger partial charge in [-0.25, -0.2) is 0 Å². The highest BCUT2D eigenvalue weighted by Crippen LogP contribution is 2.41. The molecule has 6 heteroatoms. The lowest BCUT2D eigenvalue weighted by Crippen LogP contribution is -2.16. The molecule has 0 aliphatic rings. The Bertz CT molecular complexity index is 418. The molecule has 106 valence electrons. The van der Waals surface area contributed by atoms with Crippen molar-refractivity contribution in [1.29, 1.82) is 0 Å². The summed E-state index contributed by atoms with van der Waals surface area (Å²) < 4.78 is 21.1. The Morgan fingerprint density at radius 3 is 2.05 bits per heavy atom. The predicted molar refractivity (Wildman–Crippen MR) is 68.4 cm³/mol. The number of ether oxygens (including phenoxy) is 4. The Balaban J connectivity index is 2.99. The molecule has 0 saturated carbocycles. The Kier molecular flexibility index (Phi) is 5.29. The third-order valence-electron chi connectivity index (χ3n) is 2.44. The van der Waals surface area contributed by atoms with Crippen LogP contribution in [0.5, 0.6) is 23.0 Å². The van der Waals surface area contributed by atoms with Crippen molar-refractivity contribution in [3.63, 3.8) is 0 Å². The summed E-state index contributed by atoms with van der Waals surface area (Å²) in [6.45, 7) is 1.68. The number of benzene rings is 1. The number of aliphatic carboxylic acids is 1. The van der Waals surface area contributed by atoms with Crippen molar-refractivity contribution in [1.82, 2.24) is 0 Å². The van der Waals surface area contributed by atoms with Crippen molar-refractivity contribution in [3.05, 3.63) is 12.1 Å². The summed E-state index contributed by atoms with van der Waals surface area (Å²) in [7, 11) is 4.51. The molecule has 0 saturated heterocycles. The summed E-state index contributed by atoms with van der Waals surface area (Å²) in [5.41, 5.74) is 0. The monoisotopic (exact) mass is 270 g/mol. The standard InChI is InChI=1S/C13H18O6/c1-8(5-12(14)15)19-9-6-10(16-2)13(18-4)11(7-9)17-3/h6-8H,5H2,1-4H3,(H,14,15)/t8-/m0/s1. The van der Waals surface area contributed by atoms with Gasteiger partial charge in [0.1, 0.15) is 11.9 Å². The molecule has 0 unspecified atom stereocenters. The molecule has 1 rings (SSSR count). The van der Waals surface area contributed by atoms with Gasteiger partial charge in [0, 0.05) is 12.1 Å². The van der Waals surface area contributed by atoms with Crippen LogP contribution < -0.4 is 18.9 Å². The second kappa shape index (κ2) is 6.72. The van der Waals surface area contributed by atoms with Crippen molar-refractivity contribution in [2.24, 2.45) is 0 Å². The molecule has 0 fully saturated rings. The number of methoxy groups -OCH3 is 3. The lowest BCUT2D eigenvalue weighted by Gasteiger charge is -2.17. The molecule has 1 N–H and O–H groups in total. The maximum absolute atomic E-state index is 10.6. The van der Waals surface area contributed by atoms with Gasteiger partial charge < -0.3 is 24.1 Å². The van der Waals surface area contributed by atoms with E-state index in [-0.39, 0.29) is 6.42 Å². The van der Waals surface area contributed by atoms with Gasteiger partial charge in [0.05, 0.1) is 27.8 Å². The molecule has 0 heterocycles. The van der Waals surface area contributed by atoms with E-state index in [4.69, 9.17) is 24.1 Å². The zero-order valence-corrected chi connectivity index (χ0v) is 11.4. The first kappa shape index (κ1) is 14.9. The highest BCUT2D eigenvalue weighted by Gasteiger charge is 2.16. The zero-order valence-electron chi connectivity index (χ0n) is 11.4. The van der Waals surface area contributed by atoms with Crippen molar-refractivity contribution in [3.8, 4) is 23.0 Å². The summed E-state index contributed by atoms with van der Waals surface area (Å²) in [4.78, 5) is 10.6. The smallest absolute Gasteiger partial charge is 0.307 e. The van der Waals surface area contributed by atoms with Crippen LogP contribution in [-0.2, 0) is 4.79 Å². The fourth-order valence-electron chi connectivity index (χ4n) is 1.64. The van der Waals surface area contributed by atoms with Crippen LogP contribution >= 0.6 is 0 Å². The molecule has 1 atom stereocenters. The first-order chi connectivity index (χ1) is 9.01. The molecule has 1 aromatic rings. The van der Waals surface area contributed by atoms with Gasteiger partial charge in [0.25, 0.3) is 0 Å². The minimum absolute atomic E-state index is 0.0866. The van der Waals surface area contributed by atoms with Gasteiger partial charge in [-0.3, -0.25) is 4.79 Å². The van der Waals surface area contributed by atoms with Gasteiger partial charge in [-0.1, -0.05) is 0 Å². The van der Waals surface area contributed by atoms with E-state index in [0.29, 0.717) is 23.0 Å². The van der Waals surface area contributed by atoms with E-state index in [1.165, 1.54) is 21.3 Å². The van der Waals surface area contributed by atoms with E-state index < -0.39 is 12.1 Å². The average molecular weight is 270 g/mol. The van der Waals surface area contributed by atoms with Gasteiger partial charge >= 0.3 is 5.97 Å². The van der Waals surface area contributed by atoms with Crippen molar-refractivity contribution < 1.29 is 28.8 Å². The number of hydrogen-bond donors (Lipinski definition) is 1. The second-order valence-corrected chi connectivity index (χ2v) is 3.89. The Morgan fingerprint density at radius 1 is 1.16 bits per heavy atom. The normalized spacial score (nSPS) is 11.6. The minimum atomic E-state index is -0.917. The first-order valence-electron chi connectivity index (χ1n) is 5.70. The molecule has 0 aliphatic heterocycles. The van der Waals surface area contributed by atoms with Crippen LogP contribution in [0.15, 0.2) is 12.1 Å². The summed E-state index contributed by atoms with van der Waals surface area (Å²) >= 11 is 0. The van der Waals surface area contributed by atoms with E-state index >= 15 is 0 Å². The molecule has 0 spiro atoms. The van der Waals surface area contributed by atoms with Crippen LogP contribution in [-0.4, -0.2) is 38.5 Å². The Labute approximate surface area is 111 Å². The van der Waals surface area contributed by atoms with E-state index in [9.17, 15) is 4.79 Å². The lowest BCUT2D eigenvalue weighted by atomic mass is 10.2. The van der Waals surface area contributed by atoms with Gasteiger partial charge in [0.2, 0.25) is 5.75 Å². The zero-order chi connectivity index (χ0) is 14.4. The Hall–Kier alpha value is -2.11. The maximum Gasteiger partial charge on any atom is 0.307 e. The van der Waals surface area contributed by atoms with Crippen molar-refractivity contribution in [2.75, 3.05) is 21.3 Å². The SMILES string of the molecule is COc1cc(O[C@@H](C)CC(=O)O)cc(OC)c1OC. The fraction of sp³-hybridized carbons (Fsp3) is 0.462. The number of carboxylic acids is 1.